The highest BCUT2D eigenvalue weighted by atomic mass is 15.0. The summed E-state index contributed by atoms with van der Waals surface area (Å²) in [6.07, 6.45) is 2.57. The number of hydrogen-bond acceptors (Lipinski definition) is 3. The molecule has 1 saturated heterocycles. The van der Waals surface area contributed by atoms with E-state index < -0.39 is 0 Å². The highest BCUT2D eigenvalue weighted by molar-refractivity contribution is 4.79. The van der Waals surface area contributed by atoms with E-state index in [0.717, 1.165) is 19.6 Å². The molecule has 0 amide bonds. The molecule has 0 aliphatic carbocycles. The van der Waals surface area contributed by atoms with Gasteiger partial charge < -0.3 is 16.4 Å². The van der Waals surface area contributed by atoms with Gasteiger partial charge in [0.1, 0.15) is 0 Å². The Hall–Kier alpha value is -0.120. The maximum absolute atomic E-state index is 5.39. The van der Waals surface area contributed by atoms with Crippen molar-refractivity contribution in [2.24, 2.45) is 5.73 Å². The summed E-state index contributed by atoms with van der Waals surface area (Å²) in [7, 11) is 0. The summed E-state index contributed by atoms with van der Waals surface area (Å²) in [4.78, 5) is 0. The Morgan fingerprint density at radius 1 is 1.55 bits per heavy atom. The van der Waals surface area contributed by atoms with E-state index in [1.54, 1.807) is 0 Å². The van der Waals surface area contributed by atoms with Crippen LogP contribution in [0.15, 0.2) is 0 Å². The van der Waals surface area contributed by atoms with Gasteiger partial charge in [-0.2, -0.15) is 0 Å². The molecule has 0 aromatic carbocycles. The second kappa shape index (κ2) is 4.70. The summed E-state index contributed by atoms with van der Waals surface area (Å²) in [5.41, 5.74) is 5.39. The minimum Gasteiger partial charge on any atom is -0.329 e. The zero-order valence-electron chi connectivity index (χ0n) is 7.27. The normalized spacial score (nSPS) is 32.2. The number of rotatable bonds is 3. The molecule has 1 aliphatic heterocycles. The van der Waals surface area contributed by atoms with Crippen molar-refractivity contribution in [3.63, 3.8) is 0 Å². The van der Waals surface area contributed by atoms with E-state index in [-0.39, 0.29) is 0 Å². The molecular weight excluding hydrogens is 138 g/mol. The van der Waals surface area contributed by atoms with E-state index >= 15 is 0 Å². The van der Waals surface area contributed by atoms with Crippen LogP contribution in [0.4, 0.5) is 0 Å². The second-order valence-electron chi connectivity index (χ2n) is 3.33. The third kappa shape index (κ3) is 3.18. The van der Waals surface area contributed by atoms with Gasteiger partial charge in [0, 0.05) is 31.7 Å². The van der Waals surface area contributed by atoms with Gasteiger partial charge in [-0.1, -0.05) is 0 Å². The Bertz CT molecular complexity index is 94.8. The first-order chi connectivity index (χ1) is 5.33. The first-order valence-corrected chi connectivity index (χ1v) is 4.49. The standard InChI is InChI=1S/C8H19N3/c1-7-2-3-8(6-11-7)10-5-4-9/h7-8,10-11H,2-6,9H2,1H3. The largest absolute Gasteiger partial charge is 0.329 e. The van der Waals surface area contributed by atoms with Crippen molar-refractivity contribution in [3.8, 4) is 0 Å². The van der Waals surface area contributed by atoms with Gasteiger partial charge >= 0.3 is 0 Å². The molecule has 0 saturated carbocycles. The highest BCUT2D eigenvalue weighted by Crippen LogP contribution is 2.06. The van der Waals surface area contributed by atoms with Gasteiger partial charge in [0.05, 0.1) is 0 Å². The van der Waals surface area contributed by atoms with Gasteiger partial charge in [0.2, 0.25) is 0 Å². The number of piperidine rings is 1. The molecule has 0 radical (unpaired) electrons. The third-order valence-electron chi connectivity index (χ3n) is 2.24. The van der Waals surface area contributed by atoms with Crippen LogP contribution in [0, 0.1) is 0 Å². The van der Waals surface area contributed by atoms with Crippen molar-refractivity contribution < 1.29 is 0 Å². The van der Waals surface area contributed by atoms with Crippen LogP contribution in [-0.2, 0) is 0 Å². The Balaban J connectivity index is 2.07. The number of nitrogens with two attached hydrogens (primary N) is 1. The second-order valence-corrected chi connectivity index (χ2v) is 3.33. The van der Waals surface area contributed by atoms with Gasteiger partial charge in [-0.15, -0.1) is 0 Å². The smallest absolute Gasteiger partial charge is 0.0193 e. The maximum Gasteiger partial charge on any atom is 0.0193 e. The number of hydrogen-bond donors (Lipinski definition) is 3. The van der Waals surface area contributed by atoms with Crippen LogP contribution < -0.4 is 16.4 Å². The lowest BCUT2D eigenvalue weighted by Crippen LogP contribution is -2.47. The Labute approximate surface area is 68.7 Å². The molecule has 0 aromatic rings. The Morgan fingerprint density at radius 2 is 2.36 bits per heavy atom. The molecule has 1 heterocycles. The summed E-state index contributed by atoms with van der Waals surface area (Å²) >= 11 is 0. The van der Waals surface area contributed by atoms with Crippen molar-refractivity contribution in [2.45, 2.75) is 31.8 Å². The van der Waals surface area contributed by atoms with E-state index in [1.165, 1.54) is 12.8 Å². The van der Waals surface area contributed by atoms with Gasteiger partial charge in [0.15, 0.2) is 0 Å². The van der Waals surface area contributed by atoms with Crippen molar-refractivity contribution in [2.75, 3.05) is 19.6 Å². The molecule has 2 unspecified atom stereocenters. The topological polar surface area (TPSA) is 50.1 Å². The zero-order chi connectivity index (χ0) is 8.10. The molecule has 3 nitrogen and oxygen atoms in total. The minimum atomic E-state index is 0.648. The van der Waals surface area contributed by atoms with E-state index in [1.807, 2.05) is 0 Å². The highest BCUT2D eigenvalue weighted by Gasteiger charge is 2.15. The zero-order valence-corrected chi connectivity index (χ0v) is 7.27. The van der Waals surface area contributed by atoms with Crippen LogP contribution in [0.25, 0.3) is 0 Å². The summed E-state index contributed by atoms with van der Waals surface area (Å²) in [5.74, 6) is 0. The van der Waals surface area contributed by atoms with Crippen LogP contribution in [-0.4, -0.2) is 31.7 Å². The quantitative estimate of drug-likeness (QED) is 0.526. The Kier molecular flexibility index (Phi) is 3.83. The molecule has 0 aromatic heterocycles. The molecule has 1 rings (SSSR count). The fourth-order valence-electron chi connectivity index (χ4n) is 1.46. The van der Waals surface area contributed by atoms with Crippen LogP contribution in [0.2, 0.25) is 0 Å². The first kappa shape index (κ1) is 8.97. The third-order valence-corrected chi connectivity index (χ3v) is 2.24. The molecule has 0 bridgehead atoms. The predicted octanol–water partition coefficient (Wildman–Crippen LogP) is -0.325. The summed E-state index contributed by atoms with van der Waals surface area (Å²) in [6, 6.07) is 1.35. The molecule has 66 valence electrons. The van der Waals surface area contributed by atoms with Crippen molar-refractivity contribution in [1.82, 2.24) is 10.6 Å². The summed E-state index contributed by atoms with van der Waals surface area (Å²) in [5, 5.41) is 6.84. The average Bonchev–Trinajstić information content (AvgIpc) is 2.04. The van der Waals surface area contributed by atoms with Crippen molar-refractivity contribution >= 4 is 0 Å². The molecule has 1 aliphatic rings. The van der Waals surface area contributed by atoms with Crippen molar-refractivity contribution in [3.05, 3.63) is 0 Å². The lowest BCUT2D eigenvalue weighted by Gasteiger charge is -2.28. The van der Waals surface area contributed by atoms with Crippen molar-refractivity contribution in [1.29, 1.82) is 0 Å². The van der Waals surface area contributed by atoms with Crippen LogP contribution in [0.3, 0.4) is 0 Å². The number of nitrogens with one attached hydrogen (secondary N) is 2. The molecule has 4 N–H and O–H groups in total. The van der Waals surface area contributed by atoms with Gasteiger partial charge in [-0.25, -0.2) is 0 Å². The predicted molar refractivity (Wildman–Crippen MR) is 47.5 cm³/mol. The fraction of sp³-hybridized carbons (Fsp3) is 1.00. The van der Waals surface area contributed by atoms with Gasteiger partial charge in [0.25, 0.3) is 0 Å². The fourth-order valence-corrected chi connectivity index (χ4v) is 1.46. The van der Waals surface area contributed by atoms with Crippen LogP contribution in [0.5, 0.6) is 0 Å². The van der Waals surface area contributed by atoms with E-state index in [2.05, 4.69) is 17.6 Å². The lowest BCUT2D eigenvalue weighted by molar-refractivity contribution is 0.341. The summed E-state index contributed by atoms with van der Waals surface area (Å²) in [6.45, 7) is 5.02. The molecule has 2 atom stereocenters. The molecule has 1 fully saturated rings. The molecule has 3 heteroatoms. The first-order valence-electron chi connectivity index (χ1n) is 4.49. The lowest BCUT2D eigenvalue weighted by atomic mass is 10.0. The van der Waals surface area contributed by atoms with E-state index in [4.69, 9.17) is 5.73 Å². The minimum absolute atomic E-state index is 0.648. The monoisotopic (exact) mass is 157 g/mol. The van der Waals surface area contributed by atoms with Crippen LogP contribution in [0.1, 0.15) is 19.8 Å². The van der Waals surface area contributed by atoms with E-state index in [0.29, 0.717) is 12.1 Å². The Morgan fingerprint density at radius 3 is 2.91 bits per heavy atom. The van der Waals surface area contributed by atoms with Crippen LogP contribution >= 0.6 is 0 Å². The molecule has 11 heavy (non-hydrogen) atoms. The summed E-state index contributed by atoms with van der Waals surface area (Å²) < 4.78 is 0. The van der Waals surface area contributed by atoms with Gasteiger partial charge in [-0.3, -0.25) is 0 Å². The maximum atomic E-state index is 5.39. The van der Waals surface area contributed by atoms with E-state index in [9.17, 15) is 0 Å². The molecule has 0 spiro atoms. The van der Waals surface area contributed by atoms with Gasteiger partial charge in [-0.05, 0) is 19.8 Å². The SMILES string of the molecule is CC1CCC(NCCN)CN1. The average molecular weight is 157 g/mol. The molecular formula is C8H19N3.